The van der Waals surface area contributed by atoms with Crippen molar-refractivity contribution in [3.8, 4) is 5.75 Å². The van der Waals surface area contributed by atoms with E-state index in [0.29, 0.717) is 12.4 Å². The Bertz CT molecular complexity index is 774. The second-order valence-electron chi connectivity index (χ2n) is 6.27. The molecule has 0 aromatic heterocycles. The fourth-order valence-electron chi connectivity index (χ4n) is 3.12. The van der Waals surface area contributed by atoms with Crippen molar-refractivity contribution in [1.29, 1.82) is 0 Å². The second-order valence-corrected chi connectivity index (χ2v) is 6.27. The summed E-state index contributed by atoms with van der Waals surface area (Å²) in [6, 6.07) is 3.92. The molecule has 1 fully saturated rings. The zero-order valence-electron chi connectivity index (χ0n) is 15.7. The van der Waals surface area contributed by atoms with E-state index in [1.165, 1.54) is 37.3 Å². The molecule has 2 heterocycles. The van der Waals surface area contributed by atoms with Gasteiger partial charge >= 0.3 is 11.9 Å². The van der Waals surface area contributed by atoms with Crippen LogP contribution in [0, 0.1) is 5.82 Å². The largest absolute Gasteiger partial charge is 0.489 e. The van der Waals surface area contributed by atoms with Gasteiger partial charge < -0.3 is 28.6 Å². The molecule has 0 spiro atoms. The maximum Gasteiger partial charge on any atom is 0.355 e. The lowest BCUT2D eigenvalue weighted by molar-refractivity contribution is -0.140. The number of hydrogen-bond acceptors (Lipinski definition) is 8. The molecule has 1 aromatic rings. The molecule has 0 bridgehead atoms. The average Bonchev–Trinajstić information content (AvgIpc) is 3.24. The van der Waals surface area contributed by atoms with Crippen LogP contribution in [0.3, 0.4) is 0 Å². The Kier molecular flexibility index (Phi) is 6.48. The first-order valence-corrected chi connectivity index (χ1v) is 8.84. The van der Waals surface area contributed by atoms with E-state index in [0.717, 1.165) is 12.8 Å². The summed E-state index contributed by atoms with van der Waals surface area (Å²) in [5.74, 6) is -1.71. The van der Waals surface area contributed by atoms with E-state index in [-0.39, 0.29) is 43.0 Å². The van der Waals surface area contributed by atoms with Crippen molar-refractivity contribution >= 4 is 17.6 Å². The number of nitrogens with zero attached hydrogens (tertiary/aromatic N) is 1. The number of rotatable bonds is 6. The molecule has 1 unspecified atom stereocenters. The molecule has 0 saturated carbocycles. The number of benzene rings is 1. The third kappa shape index (κ3) is 4.26. The van der Waals surface area contributed by atoms with Gasteiger partial charge in [0.15, 0.2) is 0 Å². The van der Waals surface area contributed by atoms with Gasteiger partial charge in [-0.15, -0.1) is 0 Å². The molecule has 2 aliphatic rings. The van der Waals surface area contributed by atoms with Crippen LogP contribution >= 0.6 is 0 Å². The van der Waals surface area contributed by atoms with Crippen molar-refractivity contribution < 1.29 is 37.7 Å². The number of halogens is 1. The van der Waals surface area contributed by atoms with E-state index in [1.54, 1.807) is 0 Å². The van der Waals surface area contributed by atoms with Gasteiger partial charge in [-0.2, -0.15) is 0 Å². The van der Waals surface area contributed by atoms with Gasteiger partial charge in [0.05, 0.1) is 38.2 Å². The SMILES string of the molecule is COC(=O)C1=C(C(=O)OC)N(c2cc(F)ccc2OCC2CCCO2)COC1. The zero-order chi connectivity index (χ0) is 20.1. The lowest BCUT2D eigenvalue weighted by Crippen LogP contribution is -2.39. The maximum atomic E-state index is 14.0. The summed E-state index contributed by atoms with van der Waals surface area (Å²) >= 11 is 0. The number of hydrogen-bond donors (Lipinski definition) is 0. The first-order valence-electron chi connectivity index (χ1n) is 8.84. The Morgan fingerprint density at radius 3 is 2.71 bits per heavy atom. The highest BCUT2D eigenvalue weighted by Crippen LogP contribution is 2.35. The van der Waals surface area contributed by atoms with Crippen molar-refractivity contribution in [2.24, 2.45) is 0 Å². The molecule has 152 valence electrons. The molecular weight excluding hydrogens is 373 g/mol. The number of esters is 2. The van der Waals surface area contributed by atoms with E-state index in [4.69, 9.17) is 23.7 Å². The monoisotopic (exact) mass is 395 g/mol. The number of carbonyl (C=O) groups excluding carboxylic acids is 2. The highest BCUT2D eigenvalue weighted by Gasteiger charge is 2.34. The quantitative estimate of drug-likeness (QED) is 0.674. The molecule has 0 radical (unpaired) electrons. The van der Waals surface area contributed by atoms with Crippen LogP contribution in [0.4, 0.5) is 10.1 Å². The van der Waals surface area contributed by atoms with Crippen molar-refractivity contribution in [3.63, 3.8) is 0 Å². The van der Waals surface area contributed by atoms with Gasteiger partial charge in [0.25, 0.3) is 0 Å². The summed E-state index contributed by atoms with van der Waals surface area (Å²) in [4.78, 5) is 25.9. The van der Waals surface area contributed by atoms with Crippen molar-refractivity contribution in [2.45, 2.75) is 18.9 Å². The Balaban J connectivity index is 1.98. The van der Waals surface area contributed by atoms with Crippen LogP contribution in [0.2, 0.25) is 0 Å². The lowest BCUT2D eigenvalue weighted by atomic mass is 10.1. The minimum Gasteiger partial charge on any atom is -0.489 e. The molecule has 0 amide bonds. The zero-order valence-corrected chi connectivity index (χ0v) is 15.7. The number of carbonyl (C=O) groups is 2. The van der Waals surface area contributed by atoms with E-state index >= 15 is 0 Å². The Morgan fingerprint density at radius 1 is 1.25 bits per heavy atom. The standard InChI is InChI=1S/C19H22FNO7/c1-24-18(22)14-10-26-11-21(17(14)19(23)25-2)15-8-12(20)5-6-16(15)28-9-13-4-3-7-27-13/h5-6,8,13H,3-4,7,9-11H2,1-2H3. The summed E-state index contributed by atoms with van der Waals surface area (Å²) in [5, 5.41) is 0. The molecule has 1 saturated heterocycles. The summed E-state index contributed by atoms with van der Waals surface area (Å²) in [7, 11) is 2.39. The van der Waals surface area contributed by atoms with Gasteiger partial charge in [-0.1, -0.05) is 0 Å². The molecule has 2 aliphatic heterocycles. The Morgan fingerprint density at radius 2 is 2.04 bits per heavy atom. The van der Waals surface area contributed by atoms with Gasteiger partial charge in [-0.25, -0.2) is 14.0 Å². The van der Waals surface area contributed by atoms with Gasteiger partial charge in [0, 0.05) is 12.7 Å². The van der Waals surface area contributed by atoms with Crippen LogP contribution < -0.4 is 9.64 Å². The van der Waals surface area contributed by atoms with Crippen molar-refractivity contribution in [2.75, 3.05) is 45.7 Å². The van der Waals surface area contributed by atoms with Crippen LogP contribution in [0.5, 0.6) is 5.75 Å². The summed E-state index contributed by atoms with van der Waals surface area (Å²) < 4.78 is 40.4. The molecular formula is C19H22FNO7. The van der Waals surface area contributed by atoms with Gasteiger partial charge in [-0.3, -0.25) is 0 Å². The molecule has 3 rings (SSSR count). The van der Waals surface area contributed by atoms with E-state index in [1.807, 2.05) is 0 Å². The number of anilines is 1. The molecule has 0 aliphatic carbocycles. The minimum atomic E-state index is -0.766. The third-order valence-electron chi connectivity index (χ3n) is 4.49. The average molecular weight is 395 g/mol. The predicted octanol–water partition coefficient (Wildman–Crippen LogP) is 1.78. The first kappa shape index (κ1) is 20.1. The topological polar surface area (TPSA) is 83.5 Å². The Labute approximate surface area is 161 Å². The Hall–Kier alpha value is -2.65. The van der Waals surface area contributed by atoms with Gasteiger partial charge in [0.1, 0.15) is 30.6 Å². The second kappa shape index (κ2) is 9.03. The summed E-state index contributed by atoms with van der Waals surface area (Å²) in [5.41, 5.74) is 0.141. The van der Waals surface area contributed by atoms with Crippen molar-refractivity contribution in [3.05, 3.63) is 35.3 Å². The first-order chi connectivity index (χ1) is 13.5. The van der Waals surface area contributed by atoms with Crippen LogP contribution in [0.1, 0.15) is 12.8 Å². The summed E-state index contributed by atoms with van der Waals surface area (Å²) in [6.07, 6.45) is 1.79. The maximum absolute atomic E-state index is 14.0. The smallest absolute Gasteiger partial charge is 0.355 e. The van der Waals surface area contributed by atoms with Crippen molar-refractivity contribution in [1.82, 2.24) is 0 Å². The number of methoxy groups -OCH3 is 2. The summed E-state index contributed by atoms with van der Waals surface area (Å²) in [6.45, 7) is 0.746. The highest BCUT2D eigenvalue weighted by molar-refractivity contribution is 6.03. The molecule has 1 aromatic carbocycles. The molecule has 28 heavy (non-hydrogen) atoms. The molecule has 9 heteroatoms. The van der Waals surface area contributed by atoms with E-state index in [9.17, 15) is 14.0 Å². The van der Waals surface area contributed by atoms with Crippen LogP contribution in [0.15, 0.2) is 29.5 Å². The predicted molar refractivity (Wildman–Crippen MR) is 95.2 cm³/mol. The van der Waals surface area contributed by atoms with E-state index in [2.05, 4.69) is 0 Å². The fraction of sp³-hybridized carbons (Fsp3) is 0.474. The fourth-order valence-corrected chi connectivity index (χ4v) is 3.12. The van der Waals surface area contributed by atoms with Gasteiger partial charge in [-0.05, 0) is 25.0 Å². The van der Waals surface area contributed by atoms with Crippen LogP contribution in [-0.2, 0) is 28.5 Å². The highest BCUT2D eigenvalue weighted by atomic mass is 19.1. The minimum absolute atomic E-state index is 0.0186. The normalized spacial score (nSPS) is 19.5. The van der Waals surface area contributed by atoms with Gasteiger partial charge in [0.2, 0.25) is 0 Å². The molecule has 0 N–H and O–H groups in total. The molecule has 8 nitrogen and oxygen atoms in total. The van der Waals surface area contributed by atoms with Crippen LogP contribution in [0.25, 0.3) is 0 Å². The van der Waals surface area contributed by atoms with Crippen LogP contribution in [-0.4, -0.2) is 58.8 Å². The lowest BCUT2D eigenvalue weighted by Gasteiger charge is -2.32. The van der Waals surface area contributed by atoms with E-state index < -0.39 is 17.8 Å². The third-order valence-corrected chi connectivity index (χ3v) is 4.49. The molecule has 1 atom stereocenters. The number of ether oxygens (including phenoxy) is 5.